The van der Waals surface area contributed by atoms with E-state index in [9.17, 15) is 9.59 Å². The van der Waals surface area contributed by atoms with Crippen molar-refractivity contribution in [2.75, 3.05) is 13.2 Å². The molecule has 0 aliphatic rings. The maximum Gasteiger partial charge on any atom is 0.339 e. The summed E-state index contributed by atoms with van der Waals surface area (Å²) in [7, 11) is 0. The van der Waals surface area contributed by atoms with E-state index in [0.717, 1.165) is 0 Å². The highest BCUT2D eigenvalue weighted by molar-refractivity contribution is 9.13. The second kappa shape index (κ2) is 6.89. The highest BCUT2D eigenvalue weighted by atomic mass is 79.9. The molecule has 6 heteroatoms. The van der Waals surface area contributed by atoms with E-state index in [2.05, 4.69) is 31.9 Å². The number of hydrogen-bond donors (Lipinski definition) is 0. The predicted molar refractivity (Wildman–Crippen MR) is 73.8 cm³/mol. The van der Waals surface area contributed by atoms with Gasteiger partial charge in [-0.2, -0.15) is 0 Å². The topological polar surface area (TPSA) is 52.6 Å². The van der Waals surface area contributed by atoms with Gasteiger partial charge in [0.15, 0.2) is 0 Å². The van der Waals surface area contributed by atoms with Gasteiger partial charge in [0.1, 0.15) is 0 Å². The maximum absolute atomic E-state index is 11.6. The molecule has 0 bridgehead atoms. The lowest BCUT2D eigenvalue weighted by molar-refractivity contribution is 0.0509. The Morgan fingerprint density at radius 1 is 0.944 bits per heavy atom. The molecule has 0 radical (unpaired) electrons. The van der Waals surface area contributed by atoms with E-state index < -0.39 is 11.9 Å². The van der Waals surface area contributed by atoms with Crippen molar-refractivity contribution in [2.24, 2.45) is 0 Å². The number of carbonyl (C=O) groups is 2. The van der Waals surface area contributed by atoms with Crippen LogP contribution in [0, 0.1) is 0 Å². The summed E-state index contributed by atoms with van der Waals surface area (Å²) in [6.45, 7) is 4.05. The summed E-state index contributed by atoms with van der Waals surface area (Å²) in [6, 6.07) is 3.05. The predicted octanol–water partition coefficient (Wildman–Crippen LogP) is 3.57. The maximum atomic E-state index is 11.6. The molecular formula is C12H12Br2O4. The summed E-state index contributed by atoms with van der Waals surface area (Å²) in [5, 5.41) is 0. The van der Waals surface area contributed by atoms with Gasteiger partial charge in [0.25, 0.3) is 0 Å². The Hall–Kier alpha value is -0.880. The van der Waals surface area contributed by atoms with E-state index >= 15 is 0 Å². The fraction of sp³-hybridized carbons (Fsp3) is 0.333. The number of benzene rings is 1. The van der Waals surface area contributed by atoms with E-state index in [1.54, 1.807) is 13.8 Å². The monoisotopic (exact) mass is 378 g/mol. The Morgan fingerprint density at radius 2 is 1.28 bits per heavy atom. The Kier molecular flexibility index (Phi) is 5.81. The summed E-state index contributed by atoms with van der Waals surface area (Å²) >= 11 is 6.53. The Labute approximate surface area is 122 Å². The highest BCUT2D eigenvalue weighted by Crippen LogP contribution is 2.31. The van der Waals surface area contributed by atoms with E-state index in [0.29, 0.717) is 33.3 Å². The largest absolute Gasteiger partial charge is 0.462 e. The van der Waals surface area contributed by atoms with Crippen molar-refractivity contribution in [3.8, 4) is 0 Å². The van der Waals surface area contributed by atoms with E-state index in [-0.39, 0.29) is 0 Å². The molecule has 0 aromatic heterocycles. The van der Waals surface area contributed by atoms with Crippen molar-refractivity contribution in [3.63, 3.8) is 0 Å². The van der Waals surface area contributed by atoms with Crippen molar-refractivity contribution in [2.45, 2.75) is 13.8 Å². The molecule has 0 saturated carbocycles. The summed E-state index contributed by atoms with van der Waals surface area (Å²) in [6.07, 6.45) is 0. The normalized spacial score (nSPS) is 10.0. The summed E-state index contributed by atoms with van der Waals surface area (Å²) in [5.74, 6) is -0.888. The summed E-state index contributed by atoms with van der Waals surface area (Å²) in [5.41, 5.74) is 0.716. The Bertz CT molecular complexity index is 428. The quantitative estimate of drug-likeness (QED) is 0.750. The minimum absolute atomic E-state index is 0.294. The molecule has 1 rings (SSSR count). The Morgan fingerprint density at radius 3 is 1.56 bits per heavy atom. The molecule has 0 aliphatic heterocycles. The molecule has 0 atom stereocenters. The number of esters is 2. The van der Waals surface area contributed by atoms with Gasteiger partial charge in [0, 0.05) is 8.95 Å². The first-order valence-corrected chi connectivity index (χ1v) is 6.93. The van der Waals surface area contributed by atoms with E-state index in [4.69, 9.17) is 9.47 Å². The zero-order valence-electron chi connectivity index (χ0n) is 9.96. The average molecular weight is 380 g/mol. The van der Waals surface area contributed by atoms with Gasteiger partial charge in [0.05, 0.1) is 24.3 Å². The molecule has 1 aromatic carbocycles. The standard InChI is InChI=1S/C12H12Br2O4/c1-3-17-11(15)7-5-6-8(10(14)9(7)13)12(16)18-4-2/h5-6H,3-4H2,1-2H3. The fourth-order valence-corrected chi connectivity index (χ4v) is 2.30. The van der Waals surface area contributed by atoms with E-state index in [1.807, 2.05) is 0 Å². The fourth-order valence-electron chi connectivity index (χ4n) is 1.28. The van der Waals surface area contributed by atoms with Crippen LogP contribution in [-0.2, 0) is 9.47 Å². The van der Waals surface area contributed by atoms with Gasteiger partial charge in [-0.15, -0.1) is 0 Å². The molecule has 0 unspecified atom stereocenters. The van der Waals surface area contributed by atoms with Crippen LogP contribution in [0.2, 0.25) is 0 Å². The first-order chi connectivity index (χ1) is 8.52. The number of rotatable bonds is 4. The lowest BCUT2D eigenvalue weighted by atomic mass is 10.1. The number of halogens is 2. The van der Waals surface area contributed by atoms with Crippen LogP contribution in [0.3, 0.4) is 0 Å². The number of carbonyl (C=O) groups excluding carboxylic acids is 2. The van der Waals surface area contributed by atoms with Gasteiger partial charge in [0.2, 0.25) is 0 Å². The third kappa shape index (κ3) is 3.32. The smallest absolute Gasteiger partial charge is 0.339 e. The third-order valence-corrected chi connectivity index (χ3v) is 4.25. The van der Waals surface area contributed by atoms with Crippen molar-refractivity contribution in [1.82, 2.24) is 0 Å². The minimum Gasteiger partial charge on any atom is -0.462 e. The van der Waals surface area contributed by atoms with Crippen LogP contribution in [-0.4, -0.2) is 25.2 Å². The number of ether oxygens (including phenoxy) is 2. The zero-order chi connectivity index (χ0) is 13.7. The van der Waals surface area contributed by atoms with Crippen LogP contribution in [0.15, 0.2) is 21.1 Å². The molecule has 0 amide bonds. The van der Waals surface area contributed by atoms with Crippen LogP contribution in [0.25, 0.3) is 0 Å². The van der Waals surface area contributed by atoms with Gasteiger partial charge >= 0.3 is 11.9 Å². The van der Waals surface area contributed by atoms with Crippen LogP contribution >= 0.6 is 31.9 Å². The van der Waals surface area contributed by atoms with Crippen LogP contribution in [0.1, 0.15) is 34.6 Å². The number of hydrogen-bond acceptors (Lipinski definition) is 4. The molecule has 4 nitrogen and oxygen atoms in total. The molecule has 0 aliphatic carbocycles. The molecule has 18 heavy (non-hydrogen) atoms. The van der Waals surface area contributed by atoms with Gasteiger partial charge in [-0.3, -0.25) is 0 Å². The van der Waals surface area contributed by atoms with Crippen LogP contribution < -0.4 is 0 Å². The van der Waals surface area contributed by atoms with Gasteiger partial charge < -0.3 is 9.47 Å². The first-order valence-electron chi connectivity index (χ1n) is 5.35. The lowest BCUT2D eigenvalue weighted by Crippen LogP contribution is -2.10. The zero-order valence-corrected chi connectivity index (χ0v) is 13.1. The highest BCUT2D eigenvalue weighted by Gasteiger charge is 2.19. The van der Waals surface area contributed by atoms with Gasteiger partial charge in [-0.05, 0) is 57.8 Å². The SMILES string of the molecule is CCOC(=O)c1ccc(C(=O)OCC)c(Br)c1Br. The van der Waals surface area contributed by atoms with Crippen molar-refractivity contribution < 1.29 is 19.1 Å². The first kappa shape index (κ1) is 15.2. The lowest BCUT2D eigenvalue weighted by Gasteiger charge is -2.09. The van der Waals surface area contributed by atoms with Crippen molar-refractivity contribution in [1.29, 1.82) is 0 Å². The van der Waals surface area contributed by atoms with Gasteiger partial charge in [-0.25, -0.2) is 9.59 Å². The van der Waals surface area contributed by atoms with Gasteiger partial charge in [-0.1, -0.05) is 0 Å². The second-order valence-electron chi connectivity index (χ2n) is 3.23. The minimum atomic E-state index is -0.444. The van der Waals surface area contributed by atoms with Crippen molar-refractivity contribution >= 4 is 43.8 Å². The van der Waals surface area contributed by atoms with E-state index in [1.165, 1.54) is 12.1 Å². The Balaban J connectivity index is 3.12. The van der Waals surface area contributed by atoms with Crippen molar-refractivity contribution in [3.05, 3.63) is 32.2 Å². The molecule has 0 saturated heterocycles. The molecule has 0 heterocycles. The summed E-state index contributed by atoms with van der Waals surface area (Å²) < 4.78 is 10.8. The average Bonchev–Trinajstić information content (AvgIpc) is 2.33. The molecule has 0 spiro atoms. The third-order valence-electron chi connectivity index (χ3n) is 2.07. The van der Waals surface area contributed by atoms with Crippen LogP contribution in [0.4, 0.5) is 0 Å². The summed E-state index contributed by atoms with van der Waals surface area (Å²) in [4.78, 5) is 23.3. The molecule has 0 N–H and O–H groups in total. The van der Waals surface area contributed by atoms with Crippen LogP contribution in [0.5, 0.6) is 0 Å². The molecule has 1 aromatic rings. The molecule has 98 valence electrons. The molecular weight excluding hydrogens is 368 g/mol. The molecule has 0 fully saturated rings. The second-order valence-corrected chi connectivity index (χ2v) is 4.82.